The topological polar surface area (TPSA) is 71.8 Å². The van der Waals surface area contributed by atoms with Crippen LogP contribution in [0.4, 0.5) is 5.13 Å². The van der Waals surface area contributed by atoms with Gasteiger partial charge in [0.2, 0.25) is 16.0 Å². The van der Waals surface area contributed by atoms with Crippen molar-refractivity contribution in [2.24, 2.45) is 5.92 Å². The molecule has 7 nitrogen and oxygen atoms in total. The van der Waals surface area contributed by atoms with Gasteiger partial charge in [-0.2, -0.15) is 0 Å². The number of rotatable bonds is 6. The lowest BCUT2D eigenvalue weighted by molar-refractivity contribution is -0.125. The van der Waals surface area contributed by atoms with Crippen LogP contribution in [0.3, 0.4) is 0 Å². The van der Waals surface area contributed by atoms with Gasteiger partial charge < -0.3 is 15.0 Å². The van der Waals surface area contributed by atoms with Crippen LogP contribution in [0.25, 0.3) is 16.2 Å². The van der Waals surface area contributed by atoms with Gasteiger partial charge in [0.25, 0.3) is 0 Å². The molecule has 1 aliphatic heterocycles. The molecule has 5 rings (SSSR count). The number of amides is 1. The van der Waals surface area contributed by atoms with E-state index in [0.29, 0.717) is 13.1 Å². The standard InChI is InChI=1S/C22H23N5O2S2/c1-29-17-8-6-15(7-9-17)19-14-27-21(24-19)31-22(25-27)26-10-2-4-16(13-26)20(28)23-12-18-5-3-11-30-18/h3,5-9,11,14,16H,2,4,10,12-13H2,1H3,(H,23,28)/t16-/m1/s1. The van der Waals surface area contributed by atoms with Crippen molar-refractivity contribution in [2.75, 3.05) is 25.1 Å². The average molecular weight is 454 g/mol. The molecule has 1 aromatic carbocycles. The summed E-state index contributed by atoms with van der Waals surface area (Å²) in [6, 6.07) is 11.9. The number of thiophene rings is 1. The van der Waals surface area contributed by atoms with Crippen molar-refractivity contribution in [3.05, 3.63) is 52.9 Å². The molecule has 31 heavy (non-hydrogen) atoms. The van der Waals surface area contributed by atoms with Crippen LogP contribution in [0.5, 0.6) is 5.75 Å². The zero-order valence-electron chi connectivity index (χ0n) is 17.2. The highest BCUT2D eigenvalue weighted by molar-refractivity contribution is 7.20. The summed E-state index contributed by atoms with van der Waals surface area (Å²) in [5, 5.41) is 10.8. The molecule has 9 heteroatoms. The Balaban J connectivity index is 1.26. The van der Waals surface area contributed by atoms with Crippen molar-refractivity contribution >= 4 is 38.7 Å². The highest BCUT2D eigenvalue weighted by atomic mass is 32.1. The van der Waals surface area contributed by atoms with E-state index in [1.165, 1.54) is 4.88 Å². The lowest BCUT2D eigenvalue weighted by atomic mass is 9.97. The van der Waals surface area contributed by atoms with Crippen molar-refractivity contribution in [1.29, 1.82) is 0 Å². The lowest BCUT2D eigenvalue weighted by Crippen LogP contribution is -2.42. The predicted molar refractivity (Wildman–Crippen MR) is 124 cm³/mol. The van der Waals surface area contributed by atoms with Crippen molar-refractivity contribution in [3.8, 4) is 17.0 Å². The molecule has 4 aromatic rings. The SMILES string of the molecule is COc1ccc(-c2cn3nc(N4CCC[C@@H](C(=O)NCc5cccs5)C4)sc3n2)cc1. The van der Waals surface area contributed by atoms with Crippen molar-refractivity contribution in [3.63, 3.8) is 0 Å². The Morgan fingerprint density at radius 3 is 2.90 bits per heavy atom. The third-order valence-electron chi connectivity index (χ3n) is 5.50. The van der Waals surface area contributed by atoms with E-state index >= 15 is 0 Å². The number of piperidine rings is 1. The summed E-state index contributed by atoms with van der Waals surface area (Å²) in [6.45, 7) is 2.21. The summed E-state index contributed by atoms with van der Waals surface area (Å²) >= 11 is 3.23. The molecule has 1 aliphatic rings. The highest BCUT2D eigenvalue weighted by Gasteiger charge is 2.28. The van der Waals surface area contributed by atoms with Crippen LogP contribution in [0.2, 0.25) is 0 Å². The van der Waals surface area contributed by atoms with E-state index in [1.807, 2.05) is 52.5 Å². The predicted octanol–water partition coefficient (Wildman–Crippen LogP) is 4.06. The van der Waals surface area contributed by atoms with E-state index in [2.05, 4.69) is 10.2 Å². The molecular weight excluding hydrogens is 430 g/mol. The number of anilines is 1. The molecule has 1 atom stereocenters. The van der Waals surface area contributed by atoms with Gasteiger partial charge in [-0.25, -0.2) is 9.50 Å². The fourth-order valence-corrected chi connectivity index (χ4v) is 5.38. The summed E-state index contributed by atoms with van der Waals surface area (Å²) in [6.07, 6.45) is 3.85. The Bertz CT molecular complexity index is 1140. The maximum Gasteiger partial charge on any atom is 0.225 e. The Kier molecular flexibility index (Phi) is 5.61. The Morgan fingerprint density at radius 1 is 1.29 bits per heavy atom. The summed E-state index contributed by atoms with van der Waals surface area (Å²) in [5.41, 5.74) is 1.91. The maximum absolute atomic E-state index is 12.7. The number of carbonyl (C=O) groups is 1. The Morgan fingerprint density at radius 2 is 2.16 bits per heavy atom. The highest BCUT2D eigenvalue weighted by Crippen LogP contribution is 2.30. The van der Waals surface area contributed by atoms with E-state index in [4.69, 9.17) is 14.8 Å². The molecule has 1 amide bonds. The first-order valence-electron chi connectivity index (χ1n) is 10.3. The number of nitrogens with zero attached hydrogens (tertiary/aromatic N) is 4. The second-order valence-corrected chi connectivity index (χ2v) is 9.52. The zero-order valence-corrected chi connectivity index (χ0v) is 18.8. The lowest BCUT2D eigenvalue weighted by Gasteiger charge is -2.31. The third kappa shape index (κ3) is 4.28. The smallest absolute Gasteiger partial charge is 0.225 e. The molecule has 1 fully saturated rings. The summed E-state index contributed by atoms with van der Waals surface area (Å²) in [5.74, 6) is 0.935. The van der Waals surface area contributed by atoms with E-state index < -0.39 is 0 Å². The van der Waals surface area contributed by atoms with Crippen molar-refractivity contribution in [2.45, 2.75) is 19.4 Å². The van der Waals surface area contributed by atoms with E-state index in [0.717, 1.165) is 46.5 Å². The van der Waals surface area contributed by atoms with Gasteiger partial charge in [0.15, 0.2) is 0 Å². The first-order valence-corrected chi connectivity index (χ1v) is 11.9. The third-order valence-corrected chi connectivity index (χ3v) is 7.36. The fourth-order valence-electron chi connectivity index (χ4n) is 3.81. The minimum atomic E-state index is -0.0141. The van der Waals surface area contributed by atoms with Gasteiger partial charge >= 0.3 is 0 Å². The van der Waals surface area contributed by atoms with E-state index in [9.17, 15) is 4.79 Å². The molecule has 0 bridgehead atoms. The van der Waals surface area contributed by atoms with Crippen LogP contribution in [-0.4, -0.2) is 40.7 Å². The Labute approximate surface area is 188 Å². The molecule has 0 saturated carbocycles. The quantitative estimate of drug-likeness (QED) is 0.477. The van der Waals surface area contributed by atoms with Gasteiger partial charge in [-0.1, -0.05) is 17.4 Å². The van der Waals surface area contributed by atoms with Crippen molar-refractivity contribution < 1.29 is 9.53 Å². The summed E-state index contributed by atoms with van der Waals surface area (Å²) < 4.78 is 7.06. The Hall–Kier alpha value is -2.91. The van der Waals surface area contributed by atoms with Crippen LogP contribution in [-0.2, 0) is 11.3 Å². The van der Waals surface area contributed by atoms with Crippen LogP contribution in [0.15, 0.2) is 48.0 Å². The number of nitrogens with one attached hydrogen (secondary N) is 1. The minimum absolute atomic E-state index is 0.0141. The summed E-state index contributed by atoms with van der Waals surface area (Å²) in [7, 11) is 1.66. The van der Waals surface area contributed by atoms with Crippen LogP contribution in [0.1, 0.15) is 17.7 Å². The van der Waals surface area contributed by atoms with Gasteiger partial charge in [-0.3, -0.25) is 4.79 Å². The molecule has 1 N–H and O–H groups in total. The average Bonchev–Trinajstić information content (AvgIpc) is 3.54. The second-order valence-electron chi connectivity index (χ2n) is 7.55. The molecule has 160 valence electrons. The molecular formula is C22H23N5O2S2. The number of methoxy groups -OCH3 is 1. The fraction of sp³-hybridized carbons (Fsp3) is 0.318. The molecule has 0 radical (unpaired) electrons. The molecule has 0 spiro atoms. The van der Waals surface area contributed by atoms with Crippen molar-refractivity contribution in [1.82, 2.24) is 19.9 Å². The van der Waals surface area contributed by atoms with E-state index in [1.54, 1.807) is 29.8 Å². The zero-order chi connectivity index (χ0) is 21.2. The number of aromatic nitrogens is 3. The van der Waals surface area contributed by atoms with E-state index in [-0.39, 0.29) is 11.8 Å². The van der Waals surface area contributed by atoms with Gasteiger partial charge in [0.1, 0.15) is 5.75 Å². The maximum atomic E-state index is 12.7. The van der Waals surface area contributed by atoms with Crippen LogP contribution < -0.4 is 15.0 Å². The molecule has 0 unspecified atom stereocenters. The first kappa shape index (κ1) is 20.0. The van der Waals surface area contributed by atoms with Gasteiger partial charge in [-0.15, -0.1) is 16.4 Å². The molecule has 3 aromatic heterocycles. The number of fused-ring (bicyclic) bond motifs is 1. The van der Waals surface area contributed by atoms with Gasteiger partial charge in [0.05, 0.1) is 31.5 Å². The first-order chi connectivity index (χ1) is 15.2. The number of benzene rings is 1. The largest absolute Gasteiger partial charge is 0.497 e. The van der Waals surface area contributed by atoms with Crippen LogP contribution >= 0.6 is 22.7 Å². The summed E-state index contributed by atoms with van der Waals surface area (Å²) in [4.78, 5) is 21.6. The number of carbonyl (C=O) groups excluding carboxylic acids is 1. The molecule has 4 heterocycles. The number of ether oxygens (including phenoxy) is 1. The number of imidazole rings is 1. The number of hydrogen-bond acceptors (Lipinski definition) is 7. The normalized spacial score (nSPS) is 16.5. The minimum Gasteiger partial charge on any atom is -0.497 e. The molecule has 0 aliphatic carbocycles. The van der Waals surface area contributed by atoms with Gasteiger partial charge in [-0.05, 0) is 48.6 Å². The number of hydrogen-bond donors (Lipinski definition) is 1. The van der Waals surface area contributed by atoms with Gasteiger partial charge in [0, 0.05) is 23.5 Å². The van der Waals surface area contributed by atoms with Crippen LogP contribution in [0, 0.1) is 5.92 Å². The molecule has 1 saturated heterocycles. The second kappa shape index (κ2) is 8.68. The monoisotopic (exact) mass is 453 g/mol.